The van der Waals surface area contributed by atoms with Crippen molar-refractivity contribution in [1.29, 1.82) is 0 Å². The standard InChI is InChI=1S/2C4H3O.2CH3.Sn/c2*1-2-4-5-3-1;;;/h2*1,3-4H;2*1H3;. The van der Waals surface area contributed by atoms with Crippen molar-refractivity contribution in [2.45, 2.75) is 9.88 Å². The SMILES string of the molecule is [CH3][Sn]([CH3])([c]1ccoc1)[c]1ccoc1. The molecule has 0 atom stereocenters. The minimum absolute atomic E-state index is 1.37. The van der Waals surface area contributed by atoms with Gasteiger partial charge < -0.3 is 0 Å². The topological polar surface area (TPSA) is 26.3 Å². The molecule has 0 unspecified atom stereocenters. The van der Waals surface area contributed by atoms with Crippen molar-refractivity contribution in [3.8, 4) is 0 Å². The Morgan fingerprint density at radius 2 is 1.38 bits per heavy atom. The van der Waals surface area contributed by atoms with Gasteiger partial charge in [0.15, 0.2) is 0 Å². The summed E-state index contributed by atoms with van der Waals surface area (Å²) in [5.41, 5.74) is 0. The van der Waals surface area contributed by atoms with Gasteiger partial charge in [-0.25, -0.2) is 0 Å². The molecule has 0 aliphatic carbocycles. The van der Waals surface area contributed by atoms with Crippen LogP contribution >= 0.6 is 0 Å². The van der Waals surface area contributed by atoms with Gasteiger partial charge >= 0.3 is 81.4 Å². The Kier molecular flexibility index (Phi) is 2.24. The van der Waals surface area contributed by atoms with Gasteiger partial charge in [0, 0.05) is 0 Å². The molecule has 13 heavy (non-hydrogen) atoms. The van der Waals surface area contributed by atoms with Crippen LogP contribution < -0.4 is 7.16 Å². The van der Waals surface area contributed by atoms with Crippen LogP contribution in [0.15, 0.2) is 46.0 Å². The van der Waals surface area contributed by atoms with Crippen molar-refractivity contribution in [2.24, 2.45) is 0 Å². The Morgan fingerprint density at radius 3 is 1.69 bits per heavy atom. The molecule has 68 valence electrons. The predicted octanol–water partition coefficient (Wildman–Crippen LogP) is 1.70. The third kappa shape index (κ3) is 1.55. The zero-order chi connectivity index (χ0) is 9.31. The Bertz CT molecular complexity index is 323. The fourth-order valence-electron chi connectivity index (χ4n) is 1.41. The van der Waals surface area contributed by atoms with Gasteiger partial charge in [0.25, 0.3) is 0 Å². The van der Waals surface area contributed by atoms with Gasteiger partial charge in [-0.1, -0.05) is 0 Å². The molecular formula is C10H12O2Sn. The molecule has 0 aliphatic heterocycles. The van der Waals surface area contributed by atoms with Crippen LogP contribution in [0.5, 0.6) is 0 Å². The number of hydrogen-bond donors (Lipinski definition) is 0. The zero-order valence-electron chi connectivity index (χ0n) is 7.78. The van der Waals surface area contributed by atoms with Crippen LogP contribution in [0, 0.1) is 0 Å². The maximum atomic E-state index is 5.12. The summed E-state index contributed by atoms with van der Waals surface area (Å²) in [6.45, 7) is 0. The van der Waals surface area contributed by atoms with Gasteiger partial charge in [-0.2, -0.15) is 0 Å². The van der Waals surface area contributed by atoms with Gasteiger partial charge in [0.2, 0.25) is 0 Å². The maximum absolute atomic E-state index is 5.12. The van der Waals surface area contributed by atoms with E-state index in [-0.39, 0.29) is 0 Å². The normalized spacial score (nSPS) is 11.8. The third-order valence-corrected chi connectivity index (χ3v) is 12.3. The summed E-state index contributed by atoms with van der Waals surface area (Å²) in [5.74, 6) is 0. The Balaban J connectivity index is 2.42. The molecule has 0 saturated heterocycles. The van der Waals surface area contributed by atoms with Crippen LogP contribution in [0.3, 0.4) is 0 Å². The van der Waals surface area contributed by atoms with Crippen LogP contribution in [0.25, 0.3) is 0 Å². The molecule has 0 bridgehead atoms. The molecule has 0 aliphatic rings. The number of furan rings is 2. The molecule has 3 heteroatoms. The van der Waals surface area contributed by atoms with E-state index in [0.717, 1.165) is 0 Å². The van der Waals surface area contributed by atoms with Crippen molar-refractivity contribution in [3.05, 3.63) is 37.2 Å². The Labute approximate surface area is 81.4 Å². The second-order valence-electron chi connectivity index (χ2n) is 3.65. The number of rotatable bonds is 2. The first-order chi connectivity index (χ1) is 6.21. The van der Waals surface area contributed by atoms with E-state index in [1.807, 2.05) is 12.5 Å². The molecule has 0 aromatic carbocycles. The first-order valence-corrected chi connectivity index (χ1v) is 12.8. The van der Waals surface area contributed by atoms with E-state index in [4.69, 9.17) is 8.83 Å². The van der Waals surface area contributed by atoms with Gasteiger partial charge in [-0.3, -0.25) is 0 Å². The fourth-order valence-corrected chi connectivity index (χ4v) is 7.20. The summed E-state index contributed by atoms with van der Waals surface area (Å²) in [4.78, 5) is 4.70. The first kappa shape index (κ1) is 8.94. The van der Waals surface area contributed by atoms with E-state index < -0.39 is 18.4 Å². The van der Waals surface area contributed by atoms with Crippen LogP contribution in [-0.2, 0) is 0 Å². The number of hydrogen-bond acceptors (Lipinski definition) is 2. The van der Waals surface area contributed by atoms with Crippen LogP contribution in [0.1, 0.15) is 0 Å². The first-order valence-electron chi connectivity index (χ1n) is 4.26. The van der Waals surface area contributed by atoms with Crippen LogP contribution in [0.4, 0.5) is 0 Å². The van der Waals surface area contributed by atoms with Crippen molar-refractivity contribution >= 4 is 25.5 Å². The third-order valence-electron chi connectivity index (χ3n) is 2.49. The molecule has 2 rings (SSSR count). The summed E-state index contributed by atoms with van der Waals surface area (Å²) in [5, 5.41) is 0. The van der Waals surface area contributed by atoms with Gasteiger partial charge in [0.05, 0.1) is 0 Å². The van der Waals surface area contributed by atoms with E-state index in [1.54, 1.807) is 12.5 Å². The van der Waals surface area contributed by atoms with E-state index in [9.17, 15) is 0 Å². The molecule has 0 radical (unpaired) electrons. The molecule has 0 fully saturated rings. The van der Waals surface area contributed by atoms with Crippen LogP contribution in [0.2, 0.25) is 9.88 Å². The molecule has 2 aromatic heterocycles. The molecular weight excluding hydrogens is 271 g/mol. The molecule has 2 heterocycles. The van der Waals surface area contributed by atoms with Gasteiger partial charge in [-0.05, 0) is 0 Å². The van der Waals surface area contributed by atoms with Crippen LogP contribution in [-0.4, -0.2) is 18.4 Å². The van der Waals surface area contributed by atoms with Crippen molar-refractivity contribution in [1.82, 2.24) is 0 Å². The summed E-state index contributed by atoms with van der Waals surface area (Å²) in [7, 11) is 0. The predicted molar refractivity (Wildman–Crippen MR) is 54.2 cm³/mol. The van der Waals surface area contributed by atoms with Crippen molar-refractivity contribution in [2.75, 3.05) is 0 Å². The van der Waals surface area contributed by atoms with E-state index >= 15 is 0 Å². The zero-order valence-corrected chi connectivity index (χ0v) is 10.6. The van der Waals surface area contributed by atoms with Crippen molar-refractivity contribution < 1.29 is 8.83 Å². The average molecular weight is 283 g/mol. The quantitative estimate of drug-likeness (QED) is 0.784. The monoisotopic (exact) mass is 284 g/mol. The second kappa shape index (κ2) is 3.25. The Hall–Kier alpha value is -0.641. The van der Waals surface area contributed by atoms with E-state index in [0.29, 0.717) is 0 Å². The molecule has 0 amide bonds. The van der Waals surface area contributed by atoms with E-state index in [2.05, 4.69) is 22.0 Å². The Morgan fingerprint density at radius 1 is 0.923 bits per heavy atom. The molecule has 2 nitrogen and oxygen atoms in total. The fraction of sp³-hybridized carbons (Fsp3) is 0.200. The summed E-state index contributed by atoms with van der Waals surface area (Å²) < 4.78 is 13.0. The van der Waals surface area contributed by atoms with Crippen molar-refractivity contribution in [3.63, 3.8) is 0 Å². The summed E-state index contributed by atoms with van der Waals surface area (Å²) in [6, 6.07) is 4.14. The molecule has 2 aromatic rings. The molecule has 0 N–H and O–H groups in total. The van der Waals surface area contributed by atoms with Gasteiger partial charge in [0.1, 0.15) is 0 Å². The average Bonchev–Trinajstić information content (AvgIpc) is 2.78. The molecule has 0 saturated carbocycles. The molecule has 0 spiro atoms. The second-order valence-corrected chi connectivity index (χ2v) is 16.2. The van der Waals surface area contributed by atoms with E-state index in [1.165, 1.54) is 7.16 Å². The summed E-state index contributed by atoms with van der Waals surface area (Å²) in [6.07, 6.45) is 7.22. The van der Waals surface area contributed by atoms with Gasteiger partial charge in [-0.15, -0.1) is 0 Å². The minimum atomic E-state index is -2.31. The summed E-state index contributed by atoms with van der Waals surface area (Å²) >= 11 is -2.31.